The molecule has 1 aliphatic heterocycles. The second kappa shape index (κ2) is 7.34. The highest BCUT2D eigenvalue weighted by Gasteiger charge is 2.41. The van der Waals surface area contributed by atoms with Crippen molar-refractivity contribution in [3.8, 4) is 0 Å². The summed E-state index contributed by atoms with van der Waals surface area (Å²) in [4.78, 5) is 25.2. The average molecular weight is 327 g/mol. The molecule has 2 atom stereocenters. The maximum atomic E-state index is 12.4. The summed E-state index contributed by atoms with van der Waals surface area (Å²) >= 11 is 0. The lowest BCUT2D eigenvalue weighted by molar-refractivity contribution is -0.141. The summed E-state index contributed by atoms with van der Waals surface area (Å²) < 4.78 is 5.31. The Labute approximate surface area is 141 Å². The third kappa shape index (κ3) is 3.67. The van der Waals surface area contributed by atoms with Crippen molar-refractivity contribution < 1.29 is 19.4 Å². The maximum absolute atomic E-state index is 12.4. The van der Waals surface area contributed by atoms with Gasteiger partial charge in [0.05, 0.1) is 0 Å². The summed E-state index contributed by atoms with van der Waals surface area (Å²) in [5, 5.41) is 9.45. The topological polar surface area (TPSA) is 66.8 Å². The molecule has 0 radical (unpaired) electrons. The molecule has 5 nitrogen and oxygen atoms in total. The van der Waals surface area contributed by atoms with Gasteiger partial charge < -0.3 is 9.84 Å². The number of ether oxygens (including phenoxy) is 1. The van der Waals surface area contributed by atoms with Gasteiger partial charge in [0.25, 0.3) is 0 Å². The predicted octanol–water partition coefficient (Wildman–Crippen LogP) is 3.37. The number of carbonyl (C=O) groups is 2. The van der Waals surface area contributed by atoms with Gasteiger partial charge in [0.2, 0.25) is 0 Å². The minimum Gasteiger partial charge on any atom is -0.480 e. The molecular weight excluding hydrogens is 306 g/mol. The molecule has 2 aliphatic rings. The first-order chi connectivity index (χ1) is 11.6. The lowest BCUT2D eigenvalue weighted by atomic mass is 9.92. The quantitative estimate of drug-likeness (QED) is 0.920. The van der Waals surface area contributed by atoms with E-state index in [9.17, 15) is 14.7 Å². The smallest absolute Gasteiger partial charge is 0.410 e. The summed E-state index contributed by atoms with van der Waals surface area (Å²) in [6, 6.07) is 8.55. The summed E-state index contributed by atoms with van der Waals surface area (Å²) in [5.74, 6) is -0.915. The van der Waals surface area contributed by atoms with Crippen molar-refractivity contribution in [2.45, 2.75) is 31.9 Å². The van der Waals surface area contributed by atoms with Crippen molar-refractivity contribution in [2.24, 2.45) is 5.92 Å². The van der Waals surface area contributed by atoms with Crippen LogP contribution < -0.4 is 0 Å². The standard InChI is InChI=1S/C19H21NO4/c21-18(22)17-11-16(15-9-5-2-6-10-15)12-20(17)19(23)24-13-14-7-3-1-4-8-14/h1,3-5,7-10,16-17H,2,6,11-13H2,(H,21,22)/t16?,17-/m0/s1. The van der Waals surface area contributed by atoms with Crippen LogP contribution >= 0.6 is 0 Å². The Hall–Kier alpha value is -2.56. The second-order valence-electron chi connectivity index (χ2n) is 6.16. The van der Waals surface area contributed by atoms with Gasteiger partial charge in [-0.2, -0.15) is 0 Å². The van der Waals surface area contributed by atoms with Gasteiger partial charge in [-0.15, -0.1) is 0 Å². The summed E-state index contributed by atoms with van der Waals surface area (Å²) in [7, 11) is 0. The zero-order chi connectivity index (χ0) is 16.9. The fourth-order valence-corrected chi connectivity index (χ4v) is 3.25. The predicted molar refractivity (Wildman–Crippen MR) is 89.3 cm³/mol. The zero-order valence-electron chi connectivity index (χ0n) is 13.4. The van der Waals surface area contributed by atoms with Gasteiger partial charge in [0.15, 0.2) is 0 Å². The number of hydrogen-bond donors (Lipinski definition) is 1. The normalized spacial score (nSPS) is 23.0. The molecule has 1 aromatic carbocycles. The number of likely N-dealkylation sites (tertiary alicyclic amines) is 1. The van der Waals surface area contributed by atoms with Crippen LogP contribution in [0.25, 0.3) is 0 Å². The van der Waals surface area contributed by atoms with E-state index in [-0.39, 0.29) is 12.5 Å². The van der Waals surface area contributed by atoms with E-state index in [1.807, 2.05) is 36.4 Å². The van der Waals surface area contributed by atoms with E-state index in [4.69, 9.17) is 4.74 Å². The fraction of sp³-hybridized carbons (Fsp3) is 0.368. The molecule has 0 bridgehead atoms. The SMILES string of the molecule is O=C(O)[C@@H]1CC(C2=CCCC=C2)CN1C(=O)OCc1ccccc1. The van der Waals surface area contributed by atoms with E-state index in [1.54, 1.807) is 0 Å². The van der Waals surface area contributed by atoms with Crippen LogP contribution in [-0.4, -0.2) is 34.7 Å². The molecule has 1 heterocycles. The van der Waals surface area contributed by atoms with Crippen molar-refractivity contribution in [1.29, 1.82) is 0 Å². The van der Waals surface area contributed by atoms with Gasteiger partial charge in [-0.3, -0.25) is 4.90 Å². The Morgan fingerprint density at radius 2 is 2.00 bits per heavy atom. The molecule has 3 rings (SSSR count). The van der Waals surface area contributed by atoms with E-state index in [2.05, 4.69) is 12.2 Å². The molecule has 0 aromatic heterocycles. The molecule has 0 saturated carbocycles. The molecule has 1 N–H and O–H groups in total. The van der Waals surface area contributed by atoms with Gasteiger partial charge in [-0.1, -0.05) is 48.6 Å². The number of hydrogen-bond acceptors (Lipinski definition) is 3. The largest absolute Gasteiger partial charge is 0.480 e. The van der Waals surface area contributed by atoms with Crippen LogP contribution in [0.4, 0.5) is 4.79 Å². The molecule has 0 spiro atoms. The van der Waals surface area contributed by atoms with Crippen molar-refractivity contribution in [3.63, 3.8) is 0 Å². The van der Waals surface area contributed by atoms with Crippen LogP contribution in [-0.2, 0) is 16.1 Å². The first kappa shape index (κ1) is 16.3. The number of carboxylic acid groups (broad SMARTS) is 1. The Bertz CT molecular complexity index is 665. The van der Waals surface area contributed by atoms with Crippen LogP contribution in [0.1, 0.15) is 24.8 Å². The third-order valence-corrected chi connectivity index (χ3v) is 4.52. The van der Waals surface area contributed by atoms with E-state index in [1.165, 1.54) is 4.90 Å². The highest BCUT2D eigenvalue weighted by molar-refractivity contribution is 5.81. The molecule has 1 aromatic rings. The summed E-state index contributed by atoms with van der Waals surface area (Å²) in [5.41, 5.74) is 2.01. The van der Waals surface area contributed by atoms with Gasteiger partial charge >= 0.3 is 12.1 Å². The first-order valence-electron chi connectivity index (χ1n) is 8.22. The number of benzene rings is 1. The number of nitrogens with zero attached hydrogens (tertiary/aromatic N) is 1. The Morgan fingerprint density at radius 1 is 1.21 bits per heavy atom. The molecule has 5 heteroatoms. The van der Waals surface area contributed by atoms with Crippen LogP contribution in [0.3, 0.4) is 0 Å². The lowest BCUT2D eigenvalue weighted by Gasteiger charge is -2.21. The van der Waals surface area contributed by atoms with E-state index < -0.39 is 18.1 Å². The van der Waals surface area contributed by atoms with Crippen LogP contribution in [0.2, 0.25) is 0 Å². The summed E-state index contributed by atoms with van der Waals surface area (Å²) in [6.45, 7) is 0.538. The van der Waals surface area contributed by atoms with E-state index in [0.29, 0.717) is 13.0 Å². The van der Waals surface area contributed by atoms with Crippen molar-refractivity contribution in [2.75, 3.05) is 6.54 Å². The summed E-state index contributed by atoms with van der Waals surface area (Å²) in [6.07, 6.45) is 8.15. The van der Waals surface area contributed by atoms with Crippen molar-refractivity contribution in [1.82, 2.24) is 4.90 Å². The van der Waals surface area contributed by atoms with Gasteiger partial charge in [-0.25, -0.2) is 9.59 Å². The molecule has 1 aliphatic carbocycles. The molecular formula is C19H21NO4. The van der Waals surface area contributed by atoms with Crippen molar-refractivity contribution >= 4 is 12.1 Å². The highest BCUT2D eigenvalue weighted by atomic mass is 16.6. The Kier molecular flexibility index (Phi) is 4.99. The number of carbonyl (C=O) groups excluding carboxylic acids is 1. The number of amides is 1. The highest BCUT2D eigenvalue weighted by Crippen LogP contribution is 2.32. The van der Waals surface area contributed by atoms with Gasteiger partial charge in [-0.05, 0) is 30.4 Å². The molecule has 1 unspecified atom stereocenters. The Balaban J connectivity index is 1.65. The zero-order valence-corrected chi connectivity index (χ0v) is 13.4. The minimum atomic E-state index is -0.977. The van der Waals surface area contributed by atoms with Crippen molar-refractivity contribution in [3.05, 3.63) is 59.7 Å². The monoisotopic (exact) mass is 327 g/mol. The van der Waals surface area contributed by atoms with Crippen LogP contribution in [0.15, 0.2) is 54.1 Å². The van der Waals surface area contributed by atoms with Gasteiger partial charge in [0.1, 0.15) is 12.6 Å². The van der Waals surface area contributed by atoms with Crippen LogP contribution in [0, 0.1) is 5.92 Å². The number of allylic oxidation sites excluding steroid dienone is 3. The molecule has 126 valence electrons. The lowest BCUT2D eigenvalue weighted by Crippen LogP contribution is -2.40. The average Bonchev–Trinajstić information content (AvgIpc) is 3.07. The molecule has 1 fully saturated rings. The molecule has 1 saturated heterocycles. The number of aliphatic carboxylic acids is 1. The Morgan fingerprint density at radius 3 is 2.67 bits per heavy atom. The first-order valence-corrected chi connectivity index (χ1v) is 8.22. The van der Waals surface area contributed by atoms with Gasteiger partial charge in [0, 0.05) is 12.5 Å². The maximum Gasteiger partial charge on any atom is 0.410 e. The minimum absolute atomic E-state index is 0.0620. The van der Waals surface area contributed by atoms with E-state index >= 15 is 0 Å². The molecule has 24 heavy (non-hydrogen) atoms. The van der Waals surface area contributed by atoms with Crippen LogP contribution in [0.5, 0.6) is 0 Å². The number of rotatable bonds is 4. The fourth-order valence-electron chi connectivity index (χ4n) is 3.25. The molecule has 1 amide bonds. The van der Waals surface area contributed by atoms with E-state index in [0.717, 1.165) is 24.0 Å². The third-order valence-electron chi connectivity index (χ3n) is 4.52. The second-order valence-corrected chi connectivity index (χ2v) is 6.16. The number of carboxylic acids is 1.